The van der Waals surface area contributed by atoms with Gasteiger partial charge >= 0.3 is 5.69 Å². The van der Waals surface area contributed by atoms with Gasteiger partial charge in [-0.15, -0.1) is 10.2 Å². The predicted octanol–water partition coefficient (Wildman–Crippen LogP) is 5.01. The van der Waals surface area contributed by atoms with E-state index < -0.39 is 0 Å². The monoisotopic (exact) mass is 442 g/mol. The molecule has 0 radical (unpaired) electrons. The molecule has 7 nitrogen and oxygen atoms in total. The molecule has 1 N–H and O–H groups in total. The van der Waals surface area contributed by atoms with E-state index in [9.17, 15) is 4.79 Å². The number of imidazole rings is 1. The maximum Gasteiger partial charge on any atom is 0.328 e. The lowest BCUT2D eigenvalue weighted by atomic mass is 9.98. The Kier molecular flexibility index (Phi) is 6.98. The van der Waals surface area contributed by atoms with E-state index in [1.54, 1.807) is 0 Å². The van der Waals surface area contributed by atoms with Crippen molar-refractivity contribution in [3.05, 3.63) is 82.5 Å². The molecule has 2 aromatic heterocycles. The van der Waals surface area contributed by atoms with Gasteiger partial charge in [0, 0.05) is 18.3 Å². The molecular weight excluding hydrogens is 412 g/mol. The van der Waals surface area contributed by atoms with Gasteiger partial charge in [0.15, 0.2) is 0 Å². The summed E-state index contributed by atoms with van der Waals surface area (Å²) in [6.07, 6.45) is 8.03. The van der Waals surface area contributed by atoms with E-state index in [0.717, 1.165) is 47.3 Å². The molecule has 0 fully saturated rings. The number of aromatic nitrogens is 6. The number of tetrazole rings is 1. The van der Waals surface area contributed by atoms with Crippen LogP contribution in [0.25, 0.3) is 28.6 Å². The fourth-order valence-corrected chi connectivity index (χ4v) is 3.82. The zero-order chi connectivity index (χ0) is 23.2. The van der Waals surface area contributed by atoms with Crippen LogP contribution in [-0.4, -0.2) is 29.8 Å². The Morgan fingerprint density at radius 1 is 1.06 bits per heavy atom. The van der Waals surface area contributed by atoms with E-state index >= 15 is 0 Å². The Hall–Kier alpha value is -3.74. The van der Waals surface area contributed by atoms with Crippen LogP contribution in [0, 0.1) is 5.92 Å². The number of H-pyrrole nitrogens is 1. The fraction of sp³-hybridized carbons (Fsp3) is 0.308. The first kappa shape index (κ1) is 22.5. The number of nitrogens with zero attached hydrogens (tertiary/aromatic N) is 5. The number of hydrogen-bond acceptors (Lipinski definition) is 4. The van der Waals surface area contributed by atoms with Crippen molar-refractivity contribution < 1.29 is 0 Å². The standard InChI is InChI=1S/C26H30N6O/c1-4-5-8-22-18-31(16-15-19(2)3)26(33)32(22)17-20-11-13-21(14-12-20)23-9-6-7-10-24(23)25-27-29-30-28-25/h5-14,18-19H,4,15-17H2,1-3H3,(H,27,28,29,30). The van der Waals surface area contributed by atoms with Crippen LogP contribution in [0.3, 0.4) is 0 Å². The van der Waals surface area contributed by atoms with E-state index in [0.29, 0.717) is 18.3 Å². The summed E-state index contributed by atoms with van der Waals surface area (Å²) in [5.41, 5.74) is 5.08. The maximum absolute atomic E-state index is 13.1. The average Bonchev–Trinajstić information content (AvgIpc) is 3.46. The molecule has 2 heterocycles. The normalized spacial score (nSPS) is 11.6. The number of hydrogen-bond donors (Lipinski definition) is 1. The van der Waals surface area contributed by atoms with E-state index in [-0.39, 0.29) is 5.69 Å². The lowest BCUT2D eigenvalue weighted by molar-refractivity contribution is 0.503. The third-order valence-electron chi connectivity index (χ3n) is 5.67. The number of aromatic amines is 1. The SMILES string of the molecule is CCC=Cc1cn(CCC(C)C)c(=O)n1Cc1ccc(-c2ccccc2-c2nn[nH]n2)cc1. The molecule has 0 spiro atoms. The van der Waals surface area contributed by atoms with E-state index in [1.807, 2.05) is 45.7 Å². The molecule has 0 amide bonds. The minimum Gasteiger partial charge on any atom is -0.299 e. The van der Waals surface area contributed by atoms with Gasteiger partial charge in [0.2, 0.25) is 5.82 Å². The predicted molar refractivity (Wildman–Crippen MR) is 132 cm³/mol. The van der Waals surface area contributed by atoms with Crippen LogP contribution < -0.4 is 5.69 Å². The summed E-state index contributed by atoms with van der Waals surface area (Å²) in [4.78, 5) is 13.1. The summed E-state index contributed by atoms with van der Waals surface area (Å²) in [6, 6.07) is 16.3. The minimum atomic E-state index is 0.0398. The van der Waals surface area contributed by atoms with Gasteiger partial charge in [-0.05, 0) is 46.7 Å². The Morgan fingerprint density at radius 3 is 2.48 bits per heavy atom. The van der Waals surface area contributed by atoms with Crippen molar-refractivity contribution in [1.29, 1.82) is 0 Å². The molecule has 0 atom stereocenters. The molecule has 0 aliphatic rings. The zero-order valence-corrected chi connectivity index (χ0v) is 19.4. The topological polar surface area (TPSA) is 81.4 Å². The van der Waals surface area contributed by atoms with Gasteiger partial charge in [-0.3, -0.25) is 9.13 Å². The van der Waals surface area contributed by atoms with Crippen molar-refractivity contribution in [3.63, 3.8) is 0 Å². The van der Waals surface area contributed by atoms with Gasteiger partial charge in [-0.2, -0.15) is 5.21 Å². The van der Waals surface area contributed by atoms with E-state index in [4.69, 9.17) is 0 Å². The second-order valence-corrected chi connectivity index (χ2v) is 8.59. The first-order valence-electron chi connectivity index (χ1n) is 11.5. The van der Waals surface area contributed by atoms with E-state index in [2.05, 4.69) is 71.7 Å². The number of rotatable bonds is 9. The molecule has 33 heavy (non-hydrogen) atoms. The summed E-state index contributed by atoms with van der Waals surface area (Å²) in [6.45, 7) is 7.72. The first-order chi connectivity index (χ1) is 16.1. The second-order valence-electron chi connectivity index (χ2n) is 8.59. The Labute approximate surface area is 193 Å². The molecule has 0 unspecified atom stereocenters. The van der Waals surface area contributed by atoms with Crippen LogP contribution >= 0.6 is 0 Å². The van der Waals surface area contributed by atoms with Crippen molar-refractivity contribution in [2.24, 2.45) is 5.92 Å². The third-order valence-corrected chi connectivity index (χ3v) is 5.67. The summed E-state index contributed by atoms with van der Waals surface area (Å²) < 4.78 is 3.69. The molecule has 2 aromatic carbocycles. The molecule has 0 saturated carbocycles. The first-order valence-corrected chi connectivity index (χ1v) is 11.5. The smallest absolute Gasteiger partial charge is 0.299 e. The Morgan fingerprint density at radius 2 is 1.82 bits per heavy atom. The van der Waals surface area contributed by atoms with Crippen molar-refractivity contribution in [3.8, 4) is 22.5 Å². The van der Waals surface area contributed by atoms with Crippen LogP contribution in [0.1, 0.15) is 44.9 Å². The van der Waals surface area contributed by atoms with Crippen LogP contribution in [-0.2, 0) is 13.1 Å². The second kappa shape index (κ2) is 10.3. The molecule has 4 rings (SSSR count). The molecule has 170 valence electrons. The molecule has 0 saturated heterocycles. The molecule has 0 aliphatic heterocycles. The molecule has 4 aromatic rings. The highest BCUT2D eigenvalue weighted by Gasteiger charge is 2.13. The highest BCUT2D eigenvalue weighted by atomic mass is 16.1. The molecule has 0 bridgehead atoms. The largest absolute Gasteiger partial charge is 0.328 e. The van der Waals surface area contributed by atoms with Crippen LogP contribution in [0.2, 0.25) is 0 Å². The zero-order valence-electron chi connectivity index (χ0n) is 19.4. The maximum atomic E-state index is 13.1. The van der Waals surface area contributed by atoms with Crippen LogP contribution in [0.15, 0.2) is 65.6 Å². The van der Waals surface area contributed by atoms with Gasteiger partial charge in [0.1, 0.15) is 0 Å². The third kappa shape index (κ3) is 5.19. The molecular formula is C26H30N6O. The van der Waals surface area contributed by atoms with Gasteiger partial charge in [-0.25, -0.2) is 4.79 Å². The van der Waals surface area contributed by atoms with Crippen LogP contribution in [0.5, 0.6) is 0 Å². The van der Waals surface area contributed by atoms with Gasteiger partial charge in [0.05, 0.1) is 12.2 Å². The highest BCUT2D eigenvalue weighted by molar-refractivity contribution is 5.80. The number of nitrogens with one attached hydrogen (secondary N) is 1. The summed E-state index contributed by atoms with van der Waals surface area (Å²) >= 11 is 0. The summed E-state index contributed by atoms with van der Waals surface area (Å²) in [5, 5.41) is 14.4. The van der Waals surface area contributed by atoms with Crippen molar-refractivity contribution in [1.82, 2.24) is 29.8 Å². The molecule has 0 aliphatic carbocycles. The lowest BCUT2D eigenvalue weighted by Crippen LogP contribution is -2.25. The van der Waals surface area contributed by atoms with Gasteiger partial charge < -0.3 is 0 Å². The lowest BCUT2D eigenvalue weighted by Gasteiger charge is -2.09. The molecule has 7 heteroatoms. The average molecular weight is 443 g/mol. The number of allylic oxidation sites excluding steroid dienone is 1. The van der Waals surface area contributed by atoms with Crippen molar-refractivity contribution in [2.75, 3.05) is 0 Å². The number of benzene rings is 2. The van der Waals surface area contributed by atoms with Crippen molar-refractivity contribution >= 4 is 6.08 Å². The van der Waals surface area contributed by atoms with Crippen LogP contribution in [0.4, 0.5) is 0 Å². The Bertz CT molecular complexity index is 1260. The van der Waals surface area contributed by atoms with Crippen molar-refractivity contribution in [2.45, 2.75) is 46.7 Å². The van der Waals surface area contributed by atoms with Gasteiger partial charge in [0.25, 0.3) is 0 Å². The Balaban J connectivity index is 1.61. The highest BCUT2D eigenvalue weighted by Crippen LogP contribution is 2.29. The number of aryl methyl sites for hydroxylation is 1. The summed E-state index contributed by atoms with van der Waals surface area (Å²) in [7, 11) is 0. The van der Waals surface area contributed by atoms with E-state index in [1.165, 1.54) is 0 Å². The van der Waals surface area contributed by atoms with Gasteiger partial charge in [-0.1, -0.05) is 75.4 Å². The minimum absolute atomic E-state index is 0.0398. The quantitative estimate of drug-likeness (QED) is 0.395. The summed E-state index contributed by atoms with van der Waals surface area (Å²) in [5.74, 6) is 1.12. The fourth-order valence-electron chi connectivity index (χ4n) is 3.82.